The zero-order valence-corrected chi connectivity index (χ0v) is 17.9. The fourth-order valence-electron chi connectivity index (χ4n) is 3.74. The third kappa shape index (κ3) is 11.5. The largest absolute Gasteiger partial charge is 0.394 e. The van der Waals surface area contributed by atoms with Gasteiger partial charge in [-0.2, -0.15) is 0 Å². The molecule has 3 N–H and O–H groups in total. The van der Waals surface area contributed by atoms with Gasteiger partial charge in [-0.05, 0) is 26.2 Å². The van der Waals surface area contributed by atoms with Gasteiger partial charge in [-0.15, -0.1) is 0 Å². The van der Waals surface area contributed by atoms with Gasteiger partial charge >= 0.3 is 0 Å². The van der Waals surface area contributed by atoms with Crippen molar-refractivity contribution in [1.29, 1.82) is 0 Å². The Morgan fingerprint density at radius 1 is 0.857 bits per heavy atom. The summed E-state index contributed by atoms with van der Waals surface area (Å²) in [6.45, 7) is 2.46. The van der Waals surface area contributed by atoms with Crippen molar-refractivity contribution in [2.24, 2.45) is 0 Å². The lowest BCUT2D eigenvalue weighted by atomic mass is 10.0. The lowest BCUT2D eigenvalue weighted by Crippen LogP contribution is -2.55. The summed E-state index contributed by atoms with van der Waals surface area (Å²) < 4.78 is 11.0. The molecule has 0 radical (unpaired) electrons. The first-order valence-electron chi connectivity index (χ1n) is 11.5. The number of hydrogen-bond donors (Lipinski definition) is 3. The van der Waals surface area contributed by atoms with Crippen molar-refractivity contribution in [2.45, 2.75) is 115 Å². The standard InChI is InChI=1S/C23H44O5/c1-2-3-4-5-6-7-8-9-10-11-12-13-14-15-16-17-27-23-21(18-24)28-19-20(25)22(23)26/h2-3,20-26H,4-19H2,1H3/b3-2+/t20-,21+,22+,23+/m1/s1. The Kier molecular flexibility index (Phi) is 15.9. The minimum atomic E-state index is -0.987. The van der Waals surface area contributed by atoms with Crippen molar-refractivity contribution in [1.82, 2.24) is 0 Å². The first-order chi connectivity index (χ1) is 13.7. The average Bonchev–Trinajstić information content (AvgIpc) is 2.70. The van der Waals surface area contributed by atoms with Gasteiger partial charge in [0, 0.05) is 6.61 Å². The van der Waals surface area contributed by atoms with E-state index in [0.29, 0.717) is 6.61 Å². The first-order valence-corrected chi connectivity index (χ1v) is 11.5. The van der Waals surface area contributed by atoms with Crippen LogP contribution in [0.1, 0.15) is 90.4 Å². The molecule has 1 rings (SSSR count). The molecule has 0 aromatic carbocycles. The van der Waals surface area contributed by atoms with Gasteiger partial charge in [0.05, 0.1) is 13.2 Å². The molecule has 0 bridgehead atoms. The molecular weight excluding hydrogens is 356 g/mol. The maximum atomic E-state index is 10.00. The predicted molar refractivity (Wildman–Crippen MR) is 113 cm³/mol. The van der Waals surface area contributed by atoms with Crippen LogP contribution in [0, 0.1) is 0 Å². The van der Waals surface area contributed by atoms with E-state index in [4.69, 9.17) is 9.47 Å². The smallest absolute Gasteiger partial charge is 0.114 e. The molecule has 0 aliphatic carbocycles. The highest BCUT2D eigenvalue weighted by molar-refractivity contribution is 4.87. The summed E-state index contributed by atoms with van der Waals surface area (Å²) in [5, 5.41) is 29.0. The van der Waals surface area contributed by atoms with E-state index in [9.17, 15) is 15.3 Å². The summed E-state index contributed by atoms with van der Waals surface area (Å²) in [4.78, 5) is 0. The van der Waals surface area contributed by atoms with Gasteiger partial charge in [-0.3, -0.25) is 0 Å². The van der Waals surface area contributed by atoms with E-state index in [1.165, 1.54) is 70.6 Å². The lowest BCUT2D eigenvalue weighted by molar-refractivity contribution is -0.211. The van der Waals surface area contributed by atoms with Gasteiger partial charge in [0.25, 0.3) is 0 Å². The summed E-state index contributed by atoms with van der Waals surface area (Å²) in [6, 6.07) is 0. The molecule has 1 saturated heterocycles. The number of unbranched alkanes of at least 4 members (excludes halogenated alkanes) is 12. The number of rotatable bonds is 17. The molecule has 1 heterocycles. The van der Waals surface area contributed by atoms with Crippen molar-refractivity contribution in [3.63, 3.8) is 0 Å². The summed E-state index contributed by atoms with van der Waals surface area (Å²) >= 11 is 0. The SMILES string of the molecule is C/C=C/CCCCCCCCCCCCCCO[C@@H]1[C@@H](O)[C@H](O)CO[C@H]1CO. The Labute approximate surface area is 172 Å². The fourth-order valence-corrected chi connectivity index (χ4v) is 3.74. The Bertz CT molecular complexity index is 372. The van der Waals surface area contributed by atoms with Crippen molar-refractivity contribution in [3.8, 4) is 0 Å². The van der Waals surface area contributed by atoms with E-state index in [-0.39, 0.29) is 13.2 Å². The van der Waals surface area contributed by atoms with E-state index in [1.54, 1.807) is 0 Å². The Morgan fingerprint density at radius 2 is 1.39 bits per heavy atom. The molecule has 5 heteroatoms. The number of ether oxygens (including phenoxy) is 2. The van der Waals surface area contributed by atoms with Crippen LogP contribution < -0.4 is 0 Å². The third-order valence-corrected chi connectivity index (χ3v) is 5.57. The van der Waals surface area contributed by atoms with Crippen LogP contribution in [0.4, 0.5) is 0 Å². The van der Waals surface area contributed by atoms with E-state index in [0.717, 1.165) is 12.8 Å². The molecule has 4 atom stereocenters. The minimum Gasteiger partial charge on any atom is -0.394 e. The Morgan fingerprint density at radius 3 is 1.93 bits per heavy atom. The number of aliphatic hydroxyl groups excluding tert-OH is 3. The molecule has 1 aliphatic rings. The molecule has 1 aliphatic heterocycles. The van der Waals surface area contributed by atoms with Gasteiger partial charge in [0.2, 0.25) is 0 Å². The van der Waals surface area contributed by atoms with Crippen molar-refractivity contribution in [2.75, 3.05) is 19.8 Å². The first kappa shape index (κ1) is 25.6. The fraction of sp³-hybridized carbons (Fsp3) is 0.913. The van der Waals surface area contributed by atoms with Crippen LogP contribution in [0.2, 0.25) is 0 Å². The van der Waals surface area contributed by atoms with Crippen LogP contribution in [0.3, 0.4) is 0 Å². The summed E-state index contributed by atoms with van der Waals surface area (Å²) in [6.07, 6.45) is 17.9. The second kappa shape index (κ2) is 17.4. The Balaban J connectivity index is 1.86. The molecular formula is C23H44O5. The second-order valence-electron chi connectivity index (χ2n) is 8.05. The van der Waals surface area contributed by atoms with Crippen LogP contribution in [-0.4, -0.2) is 59.6 Å². The maximum Gasteiger partial charge on any atom is 0.114 e. The second-order valence-corrected chi connectivity index (χ2v) is 8.05. The van der Waals surface area contributed by atoms with E-state index in [2.05, 4.69) is 19.1 Å². The molecule has 0 aromatic heterocycles. The highest BCUT2D eigenvalue weighted by Crippen LogP contribution is 2.19. The van der Waals surface area contributed by atoms with E-state index >= 15 is 0 Å². The number of aliphatic hydroxyl groups is 3. The van der Waals surface area contributed by atoms with Crippen LogP contribution in [-0.2, 0) is 9.47 Å². The van der Waals surface area contributed by atoms with Gasteiger partial charge < -0.3 is 24.8 Å². The van der Waals surface area contributed by atoms with Crippen molar-refractivity contribution >= 4 is 0 Å². The monoisotopic (exact) mass is 400 g/mol. The van der Waals surface area contributed by atoms with Crippen molar-refractivity contribution in [3.05, 3.63) is 12.2 Å². The molecule has 0 unspecified atom stereocenters. The molecule has 0 saturated carbocycles. The summed E-state index contributed by atoms with van der Waals surface area (Å²) in [5.74, 6) is 0. The molecule has 0 amide bonds. The number of hydrogen-bond acceptors (Lipinski definition) is 5. The zero-order chi connectivity index (χ0) is 20.5. The van der Waals surface area contributed by atoms with Crippen LogP contribution in [0.5, 0.6) is 0 Å². The molecule has 0 spiro atoms. The zero-order valence-electron chi connectivity index (χ0n) is 17.9. The van der Waals surface area contributed by atoms with Crippen LogP contribution in [0.25, 0.3) is 0 Å². The van der Waals surface area contributed by atoms with E-state index < -0.39 is 24.4 Å². The van der Waals surface area contributed by atoms with Gasteiger partial charge in [0.15, 0.2) is 0 Å². The maximum absolute atomic E-state index is 10.00. The molecule has 1 fully saturated rings. The lowest BCUT2D eigenvalue weighted by Gasteiger charge is -2.37. The van der Waals surface area contributed by atoms with Gasteiger partial charge in [0.1, 0.15) is 24.4 Å². The van der Waals surface area contributed by atoms with Crippen molar-refractivity contribution < 1.29 is 24.8 Å². The topological polar surface area (TPSA) is 79.2 Å². The molecule has 166 valence electrons. The minimum absolute atomic E-state index is 0.0445. The summed E-state index contributed by atoms with van der Waals surface area (Å²) in [7, 11) is 0. The van der Waals surface area contributed by atoms with Crippen LogP contribution in [0.15, 0.2) is 12.2 Å². The highest BCUT2D eigenvalue weighted by Gasteiger charge is 2.39. The highest BCUT2D eigenvalue weighted by atomic mass is 16.6. The molecule has 28 heavy (non-hydrogen) atoms. The third-order valence-electron chi connectivity index (χ3n) is 5.57. The molecule has 5 nitrogen and oxygen atoms in total. The number of allylic oxidation sites excluding steroid dienone is 2. The van der Waals surface area contributed by atoms with Gasteiger partial charge in [-0.1, -0.05) is 76.4 Å². The average molecular weight is 401 g/mol. The van der Waals surface area contributed by atoms with E-state index in [1.807, 2.05) is 0 Å². The van der Waals surface area contributed by atoms with Gasteiger partial charge in [-0.25, -0.2) is 0 Å². The quantitative estimate of drug-likeness (QED) is 0.253. The normalized spacial score (nSPS) is 25.6. The Hall–Kier alpha value is -0.460. The van der Waals surface area contributed by atoms with Crippen LogP contribution >= 0.6 is 0 Å². The summed E-state index contributed by atoms with van der Waals surface area (Å²) in [5.41, 5.74) is 0. The molecule has 0 aromatic rings. The predicted octanol–water partition coefficient (Wildman–Crippen LogP) is 4.13.